The van der Waals surface area contributed by atoms with Crippen molar-refractivity contribution in [2.75, 3.05) is 13.1 Å². The van der Waals surface area contributed by atoms with Crippen LogP contribution in [-0.2, 0) is 4.79 Å². The number of thioether (sulfide) groups is 1. The lowest BCUT2D eigenvalue weighted by molar-refractivity contribution is -0.106. The molecule has 0 aromatic rings. The molecular weight excluding hydrogens is 256 g/mol. The molecule has 0 saturated carbocycles. The van der Waals surface area contributed by atoms with Gasteiger partial charge in [0.05, 0.1) is 0 Å². The minimum atomic E-state index is 0.635. The number of hydrogen-bond donors (Lipinski definition) is 0. The Balaban J connectivity index is 4.89. The summed E-state index contributed by atoms with van der Waals surface area (Å²) in [6, 6.07) is 0. The van der Waals surface area contributed by atoms with Crippen LogP contribution in [0.2, 0.25) is 0 Å². The van der Waals surface area contributed by atoms with Gasteiger partial charge >= 0.3 is 0 Å². The van der Waals surface area contributed by atoms with Crippen molar-refractivity contribution in [3.63, 3.8) is 0 Å². The summed E-state index contributed by atoms with van der Waals surface area (Å²) in [7, 11) is 0. The molecule has 4 heteroatoms. The van der Waals surface area contributed by atoms with Gasteiger partial charge in [-0.3, -0.25) is 4.79 Å². The Morgan fingerprint density at radius 1 is 1.21 bits per heavy atom. The number of carbonyl (C=O) groups excluding carboxylic acids is 1. The third-order valence-corrected chi connectivity index (χ3v) is 3.52. The van der Waals surface area contributed by atoms with Crippen LogP contribution >= 0.6 is 11.8 Å². The number of amidine groups is 1. The van der Waals surface area contributed by atoms with Crippen LogP contribution in [0.5, 0.6) is 0 Å². The van der Waals surface area contributed by atoms with Gasteiger partial charge in [0.15, 0.2) is 5.17 Å². The minimum absolute atomic E-state index is 0.635. The van der Waals surface area contributed by atoms with Gasteiger partial charge in [0.2, 0.25) is 6.41 Å². The summed E-state index contributed by atoms with van der Waals surface area (Å²) in [5.74, 6) is 0. The van der Waals surface area contributed by atoms with Crippen molar-refractivity contribution < 1.29 is 4.79 Å². The molecule has 0 unspecified atom stereocenters. The molecule has 0 heterocycles. The number of amides is 1. The molecule has 0 aliphatic heterocycles. The Kier molecular flexibility index (Phi) is 11.4. The second-order valence-electron chi connectivity index (χ2n) is 4.17. The van der Waals surface area contributed by atoms with E-state index in [1.807, 2.05) is 13.0 Å². The van der Waals surface area contributed by atoms with Crippen LogP contribution in [0.15, 0.2) is 28.1 Å². The molecule has 0 radical (unpaired) electrons. The molecule has 0 aliphatic carbocycles. The van der Waals surface area contributed by atoms with Gasteiger partial charge in [-0.1, -0.05) is 44.7 Å². The monoisotopic (exact) mass is 282 g/mol. The Morgan fingerprint density at radius 3 is 2.26 bits per heavy atom. The van der Waals surface area contributed by atoms with Crippen LogP contribution in [0.1, 0.15) is 47.0 Å². The SMILES string of the molecule is C/C=C\C(=C/S/C(=N\C=O)N(CCC)CCC)CC. The van der Waals surface area contributed by atoms with Gasteiger partial charge < -0.3 is 4.90 Å². The van der Waals surface area contributed by atoms with Gasteiger partial charge in [-0.25, -0.2) is 0 Å². The molecule has 0 aromatic carbocycles. The molecule has 1 amide bonds. The van der Waals surface area contributed by atoms with E-state index in [0.717, 1.165) is 37.5 Å². The summed E-state index contributed by atoms with van der Waals surface area (Å²) in [6.07, 6.45) is 7.84. The molecule has 0 bridgehead atoms. The summed E-state index contributed by atoms with van der Waals surface area (Å²) in [5, 5.41) is 2.88. The first-order valence-corrected chi connectivity index (χ1v) is 7.86. The fourth-order valence-electron chi connectivity index (χ4n) is 1.66. The minimum Gasteiger partial charge on any atom is -0.351 e. The lowest BCUT2D eigenvalue weighted by Gasteiger charge is -2.23. The smallest absolute Gasteiger partial charge is 0.235 e. The number of rotatable bonds is 8. The molecule has 19 heavy (non-hydrogen) atoms. The molecule has 3 nitrogen and oxygen atoms in total. The zero-order chi connectivity index (χ0) is 14.5. The predicted octanol–water partition coefficient (Wildman–Crippen LogP) is 4.22. The largest absolute Gasteiger partial charge is 0.351 e. The van der Waals surface area contributed by atoms with E-state index in [0.29, 0.717) is 6.41 Å². The van der Waals surface area contributed by atoms with Gasteiger partial charge in [0, 0.05) is 13.1 Å². The molecule has 0 rings (SSSR count). The van der Waals surface area contributed by atoms with Gasteiger partial charge in [-0.2, -0.15) is 4.99 Å². The first-order chi connectivity index (χ1) is 9.23. The maximum Gasteiger partial charge on any atom is 0.235 e. The highest BCUT2D eigenvalue weighted by Crippen LogP contribution is 2.16. The van der Waals surface area contributed by atoms with E-state index < -0.39 is 0 Å². The van der Waals surface area contributed by atoms with Crippen molar-refractivity contribution in [1.82, 2.24) is 4.90 Å². The van der Waals surface area contributed by atoms with E-state index in [4.69, 9.17) is 0 Å². The van der Waals surface area contributed by atoms with Gasteiger partial charge in [-0.15, -0.1) is 0 Å². The van der Waals surface area contributed by atoms with Crippen LogP contribution < -0.4 is 0 Å². The van der Waals surface area contributed by atoms with E-state index in [1.165, 1.54) is 17.3 Å². The van der Waals surface area contributed by atoms with Gasteiger partial charge in [0.1, 0.15) is 0 Å². The molecular formula is C15H26N2OS. The number of hydrogen-bond acceptors (Lipinski definition) is 2. The van der Waals surface area contributed by atoms with Gasteiger partial charge in [-0.05, 0) is 37.2 Å². The van der Waals surface area contributed by atoms with Crippen molar-refractivity contribution >= 4 is 23.3 Å². The van der Waals surface area contributed by atoms with Crippen LogP contribution in [-0.4, -0.2) is 29.6 Å². The molecule has 0 N–H and O–H groups in total. The predicted molar refractivity (Wildman–Crippen MR) is 86.4 cm³/mol. The number of aliphatic imine (C=N–C) groups is 1. The first kappa shape index (κ1) is 18.0. The molecule has 0 spiro atoms. The summed E-state index contributed by atoms with van der Waals surface area (Å²) < 4.78 is 0. The van der Waals surface area contributed by atoms with Crippen LogP contribution in [0, 0.1) is 0 Å². The Hall–Kier alpha value is -1.03. The highest BCUT2D eigenvalue weighted by molar-refractivity contribution is 8.16. The van der Waals surface area contributed by atoms with E-state index in [-0.39, 0.29) is 0 Å². The number of allylic oxidation sites excluding steroid dienone is 3. The van der Waals surface area contributed by atoms with E-state index >= 15 is 0 Å². The first-order valence-electron chi connectivity index (χ1n) is 6.98. The average molecular weight is 282 g/mol. The summed E-state index contributed by atoms with van der Waals surface area (Å²) in [4.78, 5) is 16.9. The number of nitrogens with zero attached hydrogens (tertiary/aromatic N) is 2. The van der Waals surface area contributed by atoms with Crippen molar-refractivity contribution in [2.45, 2.75) is 47.0 Å². The standard InChI is InChI=1S/C15H26N2OS/c1-5-9-14(8-4)12-19-15(16-13-18)17(10-6-2)11-7-3/h5,9,12-13H,6-8,10-11H2,1-4H3/b9-5-,14-12-,16-15-. The van der Waals surface area contributed by atoms with Crippen molar-refractivity contribution in [1.29, 1.82) is 0 Å². The van der Waals surface area contributed by atoms with Gasteiger partial charge in [0.25, 0.3) is 0 Å². The fraction of sp³-hybridized carbons (Fsp3) is 0.600. The summed E-state index contributed by atoms with van der Waals surface area (Å²) >= 11 is 1.54. The fourth-order valence-corrected chi connectivity index (χ4v) is 2.60. The third kappa shape index (κ3) is 7.88. The zero-order valence-corrected chi connectivity index (χ0v) is 13.4. The summed E-state index contributed by atoms with van der Waals surface area (Å²) in [5.41, 5.74) is 1.25. The lowest BCUT2D eigenvalue weighted by Crippen LogP contribution is -2.30. The third-order valence-electron chi connectivity index (χ3n) is 2.53. The Bertz CT molecular complexity index is 329. The highest BCUT2D eigenvalue weighted by atomic mass is 32.2. The van der Waals surface area contributed by atoms with Crippen LogP contribution in [0.4, 0.5) is 0 Å². The average Bonchev–Trinajstić information content (AvgIpc) is 2.41. The molecule has 0 atom stereocenters. The molecule has 0 aliphatic rings. The molecule has 0 saturated heterocycles. The maximum atomic E-state index is 10.7. The second kappa shape index (κ2) is 12.0. The number of carbonyl (C=O) groups is 1. The normalized spacial score (nSPS) is 13.1. The van der Waals surface area contributed by atoms with Crippen molar-refractivity contribution in [3.8, 4) is 0 Å². The summed E-state index contributed by atoms with van der Waals surface area (Å²) in [6.45, 7) is 10.3. The molecule has 0 aromatic heterocycles. The topological polar surface area (TPSA) is 32.7 Å². The lowest BCUT2D eigenvalue weighted by atomic mass is 10.2. The van der Waals surface area contributed by atoms with Crippen LogP contribution in [0.3, 0.4) is 0 Å². The Morgan fingerprint density at radius 2 is 1.84 bits per heavy atom. The van der Waals surface area contributed by atoms with Crippen molar-refractivity contribution in [2.24, 2.45) is 4.99 Å². The molecule has 0 fully saturated rings. The van der Waals surface area contributed by atoms with E-state index in [9.17, 15) is 4.79 Å². The second-order valence-corrected chi connectivity index (χ2v) is 5.00. The van der Waals surface area contributed by atoms with E-state index in [1.54, 1.807) is 0 Å². The quantitative estimate of drug-likeness (QED) is 0.289. The van der Waals surface area contributed by atoms with Crippen molar-refractivity contribution in [3.05, 3.63) is 23.1 Å². The highest BCUT2D eigenvalue weighted by Gasteiger charge is 2.09. The zero-order valence-electron chi connectivity index (χ0n) is 12.6. The molecule has 108 valence electrons. The van der Waals surface area contributed by atoms with E-state index in [2.05, 4.69) is 42.1 Å². The Labute approximate surface area is 121 Å². The van der Waals surface area contributed by atoms with Crippen LogP contribution in [0.25, 0.3) is 0 Å². The maximum absolute atomic E-state index is 10.7.